The Hall–Kier alpha value is -2.34. The third-order valence-corrected chi connectivity index (χ3v) is 3.49. The first-order valence-corrected chi connectivity index (χ1v) is 6.85. The van der Waals surface area contributed by atoms with Crippen LogP contribution < -0.4 is 4.74 Å². The molecule has 3 rings (SSSR count). The first-order valence-electron chi connectivity index (χ1n) is 6.85. The van der Waals surface area contributed by atoms with E-state index in [1.54, 1.807) is 18.1 Å². The van der Waals surface area contributed by atoms with Crippen molar-refractivity contribution in [2.45, 2.75) is 0 Å². The van der Waals surface area contributed by atoms with Gasteiger partial charge in [-0.2, -0.15) is 5.10 Å². The van der Waals surface area contributed by atoms with E-state index >= 15 is 0 Å². The Morgan fingerprint density at radius 2 is 2.10 bits per heavy atom. The number of amides is 1. The van der Waals surface area contributed by atoms with Crippen molar-refractivity contribution in [1.82, 2.24) is 15.1 Å². The van der Waals surface area contributed by atoms with E-state index in [-0.39, 0.29) is 5.91 Å². The maximum Gasteiger partial charge on any atom is 0.272 e. The number of hydrogen-bond acceptors (Lipinski definition) is 4. The third-order valence-electron chi connectivity index (χ3n) is 3.49. The van der Waals surface area contributed by atoms with E-state index in [0.29, 0.717) is 37.7 Å². The van der Waals surface area contributed by atoms with Crippen LogP contribution in [0, 0.1) is 0 Å². The van der Waals surface area contributed by atoms with E-state index in [9.17, 15) is 4.79 Å². The first kappa shape index (κ1) is 13.6. The predicted molar refractivity (Wildman–Crippen MR) is 77.3 cm³/mol. The maximum atomic E-state index is 12.4. The summed E-state index contributed by atoms with van der Waals surface area (Å²) in [4.78, 5) is 14.1. The van der Waals surface area contributed by atoms with E-state index in [2.05, 4.69) is 10.2 Å². The number of aromatic nitrogens is 2. The van der Waals surface area contributed by atoms with Gasteiger partial charge in [0.05, 0.1) is 26.0 Å². The van der Waals surface area contributed by atoms with Gasteiger partial charge >= 0.3 is 0 Å². The zero-order chi connectivity index (χ0) is 14.7. The molecule has 2 aromatic rings. The molecule has 1 aromatic carbocycles. The van der Waals surface area contributed by atoms with Crippen molar-refractivity contribution in [3.8, 4) is 17.0 Å². The van der Waals surface area contributed by atoms with Crippen molar-refractivity contribution >= 4 is 5.91 Å². The summed E-state index contributed by atoms with van der Waals surface area (Å²) in [5, 5.41) is 7.04. The summed E-state index contributed by atoms with van der Waals surface area (Å²) in [6.07, 6.45) is 0. The number of para-hydroxylation sites is 1. The van der Waals surface area contributed by atoms with Crippen LogP contribution in [-0.2, 0) is 4.74 Å². The van der Waals surface area contributed by atoms with E-state index in [0.717, 1.165) is 11.3 Å². The molecule has 6 heteroatoms. The smallest absolute Gasteiger partial charge is 0.272 e. The average Bonchev–Trinajstić information content (AvgIpc) is 3.04. The normalized spacial score (nSPS) is 15.0. The fraction of sp³-hybridized carbons (Fsp3) is 0.333. The Kier molecular flexibility index (Phi) is 3.87. The quantitative estimate of drug-likeness (QED) is 0.930. The molecule has 1 N–H and O–H groups in total. The topological polar surface area (TPSA) is 67.4 Å². The molecule has 1 amide bonds. The minimum atomic E-state index is -0.0491. The lowest BCUT2D eigenvalue weighted by Crippen LogP contribution is -2.40. The standard InChI is InChI=1S/C15H17N3O3/c1-20-14-5-3-2-4-11(14)12-10-13(17-16-12)15(19)18-6-8-21-9-7-18/h2-5,10H,6-9H2,1H3,(H,16,17). The molecule has 0 bridgehead atoms. The van der Waals surface area contributed by atoms with Crippen LogP contribution in [0.4, 0.5) is 0 Å². The summed E-state index contributed by atoms with van der Waals surface area (Å²) in [5.41, 5.74) is 2.04. The number of rotatable bonds is 3. The molecular formula is C15H17N3O3. The summed E-state index contributed by atoms with van der Waals surface area (Å²) >= 11 is 0. The molecule has 1 fully saturated rings. The number of aromatic amines is 1. The van der Waals surface area contributed by atoms with Crippen molar-refractivity contribution in [1.29, 1.82) is 0 Å². The number of nitrogens with zero attached hydrogens (tertiary/aromatic N) is 2. The molecule has 6 nitrogen and oxygen atoms in total. The fourth-order valence-electron chi connectivity index (χ4n) is 2.36. The van der Waals surface area contributed by atoms with Crippen molar-refractivity contribution in [2.75, 3.05) is 33.4 Å². The lowest BCUT2D eigenvalue weighted by molar-refractivity contribution is 0.0299. The fourth-order valence-corrected chi connectivity index (χ4v) is 2.36. The SMILES string of the molecule is COc1ccccc1-c1cc(C(=O)N2CCOCC2)[nH]n1. The Labute approximate surface area is 122 Å². The molecule has 0 unspecified atom stereocenters. The number of benzene rings is 1. The second kappa shape index (κ2) is 5.97. The van der Waals surface area contributed by atoms with Crippen LogP contribution in [0.15, 0.2) is 30.3 Å². The highest BCUT2D eigenvalue weighted by molar-refractivity contribution is 5.93. The molecule has 0 radical (unpaired) electrons. The van der Waals surface area contributed by atoms with Gasteiger partial charge in [0.15, 0.2) is 0 Å². The van der Waals surface area contributed by atoms with Crippen LogP contribution in [0.1, 0.15) is 10.5 Å². The largest absolute Gasteiger partial charge is 0.496 e. The third kappa shape index (κ3) is 2.75. The van der Waals surface area contributed by atoms with Crippen LogP contribution in [0.25, 0.3) is 11.3 Å². The molecule has 0 aliphatic carbocycles. The first-order chi connectivity index (χ1) is 10.3. The number of methoxy groups -OCH3 is 1. The van der Waals surface area contributed by atoms with Gasteiger partial charge in [0.25, 0.3) is 5.91 Å². The Bertz CT molecular complexity index is 633. The van der Waals surface area contributed by atoms with Crippen molar-refractivity contribution in [3.05, 3.63) is 36.0 Å². The van der Waals surface area contributed by atoms with Gasteiger partial charge in [-0.25, -0.2) is 0 Å². The Morgan fingerprint density at radius 3 is 2.86 bits per heavy atom. The Morgan fingerprint density at radius 1 is 1.33 bits per heavy atom. The number of morpholine rings is 1. The van der Waals surface area contributed by atoms with Crippen molar-refractivity contribution < 1.29 is 14.3 Å². The van der Waals surface area contributed by atoms with Gasteiger partial charge in [0.1, 0.15) is 11.4 Å². The lowest BCUT2D eigenvalue weighted by atomic mass is 10.1. The Balaban J connectivity index is 1.84. The molecule has 110 valence electrons. The lowest BCUT2D eigenvalue weighted by Gasteiger charge is -2.26. The van der Waals surface area contributed by atoms with Gasteiger partial charge in [-0.3, -0.25) is 9.89 Å². The van der Waals surface area contributed by atoms with Crippen LogP contribution in [0.2, 0.25) is 0 Å². The number of hydrogen-bond donors (Lipinski definition) is 1. The highest BCUT2D eigenvalue weighted by atomic mass is 16.5. The monoisotopic (exact) mass is 287 g/mol. The van der Waals surface area contributed by atoms with Crippen LogP contribution >= 0.6 is 0 Å². The van der Waals surface area contributed by atoms with Crippen molar-refractivity contribution in [3.63, 3.8) is 0 Å². The molecule has 1 aliphatic heterocycles. The number of carbonyl (C=O) groups is 1. The van der Waals surface area contributed by atoms with Crippen LogP contribution in [0.5, 0.6) is 5.75 Å². The van der Waals surface area contributed by atoms with Crippen molar-refractivity contribution in [2.24, 2.45) is 0 Å². The minimum absolute atomic E-state index is 0.0491. The van der Waals surface area contributed by atoms with Crippen LogP contribution in [0.3, 0.4) is 0 Å². The summed E-state index contributed by atoms with van der Waals surface area (Å²) in [6, 6.07) is 9.35. The summed E-state index contributed by atoms with van der Waals surface area (Å²) in [6.45, 7) is 2.39. The van der Waals surface area contributed by atoms with Gasteiger partial charge in [-0.05, 0) is 18.2 Å². The molecule has 1 saturated heterocycles. The zero-order valence-electron chi connectivity index (χ0n) is 11.8. The van der Waals surface area contributed by atoms with Crippen LogP contribution in [-0.4, -0.2) is 54.4 Å². The molecule has 0 atom stereocenters. The number of ether oxygens (including phenoxy) is 2. The minimum Gasteiger partial charge on any atom is -0.496 e. The molecule has 0 saturated carbocycles. The molecule has 21 heavy (non-hydrogen) atoms. The highest BCUT2D eigenvalue weighted by Crippen LogP contribution is 2.28. The average molecular weight is 287 g/mol. The van der Waals surface area contributed by atoms with Gasteiger partial charge < -0.3 is 14.4 Å². The predicted octanol–water partition coefficient (Wildman–Crippen LogP) is 1.56. The number of carbonyl (C=O) groups excluding carboxylic acids is 1. The number of H-pyrrole nitrogens is 1. The van der Waals surface area contributed by atoms with Gasteiger partial charge in [0, 0.05) is 18.7 Å². The second-order valence-electron chi connectivity index (χ2n) is 4.77. The van der Waals surface area contributed by atoms with E-state index in [4.69, 9.17) is 9.47 Å². The summed E-state index contributed by atoms with van der Waals surface area (Å²) < 4.78 is 10.6. The van der Waals surface area contributed by atoms with Gasteiger partial charge in [0.2, 0.25) is 0 Å². The molecule has 1 aliphatic rings. The molecule has 0 spiro atoms. The van der Waals surface area contributed by atoms with Gasteiger partial charge in [-0.1, -0.05) is 12.1 Å². The van der Waals surface area contributed by atoms with Gasteiger partial charge in [-0.15, -0.1) is 0 Å². The number of nitrogens with one attached hydrogen (secondary N) is 1. The molecule has 1 aromatic heterocycles. The van der Waals surface area contributed by atoms with E-state index in [1.807, 2.05) is 24.3 Å². The van der Waals surface area contributed by atoms with E-state index in [1.165, 1.54) is 0 Å². The molecule has 2 heterocycles. The van der Waals surface area contributed by atoms with E-state index < -0.39 is 0 Å². The maximum absolute atomic E-state index is 12.4. The summed E-state index contributed by atoms with van der Waals surface area (Å²) in [5.74, 6) is 0.682. The second-order valence-corrected chi connectivity index (χ2v) is 4.77. The highest BCUT2D eigenvalue weighted by Gasteiger charge is 2.21. The summed E-state index contributed by atoms with van der Waals surface area (Å²) in [7, 11) is 1.62. The zero-order valence-corrected chi connectivity index (χ0v) is 11.8. The molecular weight excluding hydrogens is 270 g/mol.